The summed E-state index contributed by atoms with van der Waals surface area (Å²) in [6.07, 6.45) is 7.50. The molecule has 0 radical (unpaired) electrons. The quantitative estimate of drug-likeness (QED) is 0.478. The first-order valence-corrected chi connectivity index (χ1v) is 8.11. The van der Waals surface area contributed by atoms with E-state index < -0.39 is 0 Å². The smallest absolute Gasteiger partial charge is 0.191 e. The van der Waals surface area contributed by atoms with E-state index in [-0.39, 0.29) is 0 Å². The molecule has 112 valence electrons. The topological polar surface area (TPSA) is 67.1 Å². The van der Waals surface area contributed by atoms with Crippen molar-refractivity contribution in [3.8, 4) is 5.82 Å². The maximum Gasteiger partial charge on any atom is 0.191 e. The van der Waals surface area contributed by atoms with Gasteiger partial charge in [0.1, 0.15) is 0 Å². The SMILES string of the molecule is CN=C(NCCSC)NCc1ccnc(-n2cccn2)c1. The Kier molecular flexibility index (Phi) is 6.08. The Morgan fingerprint density at radius 2 is 2.29 bits per heavy atom. The minimum absolute atomic E-state index is 0.690. The highest BCUT2D eigenvalue weighted by molar-refractivity contribution is 7.98. The third-order valence-corrected chi connectivity index (χ3v) is 3.44. The molecule has 0 unspecified atom stereocenters. The molecule has 0 amide bonds. The average molecular weight is 304 g/mol. The second kappa shape index (κ2) is 8.31. The summed E-state index contributed by atoms with van der Waals surface area (Å²) in [5.41, 5.74) is 1.13. The fraction of sp³-hybridized carbons (Fsp3) is 0.357. The van der Waals surface area contributed by atoms with Crippen molar-refractivity contribution in [1.82, 2.24) is 25.4 Å². The van der Waals surface area contributed by atoms with Crippen LogP contribution in [0.3, 0.4) is 0 Å². The molecule has 21 heavy (non-hydrogen) atoms. The summed E-state index contributed by atoms with van der Waals surface area (Å²) in [6.45, 7) is 1.59. The van der Waals surface area contributed by atoms with Crippen LogP contribution in [0.4, 0.5) is 0 Å². The van der Waals surface area contributed by atoms with Gasteiger partial charge in [-0.15, -0.1) is 0 Å². The molecule has 2 aromatic heterocycles. The molecule has 0 saturated carbocycles. The Balaban J connectivity index is 1.92. The van der Waals surface area contributed by atoms with E-state index in [1.807, 2.05) is 24.4 Å². The van der Waals surface area contributed by atoms with E-state index in [4.69, 9.17) is 0 Å². The normalized spacial score (nSPS) is 11.4. The van der Waals surface area contributed by atoms with Crippen molar-refractivity contribution < 1.29 is 0 Å². The van der Waals surface area contributed by atoms with E-state index in [0.717, 1.165) is 29.6 Å². The van der Waals surface area contributed by atoms with Crippen molar-refractivity contribution in [2.24, 2.45) is 4.99 Å². The number of thioether (sulfide) groups is 1. The maximum atomic E-state index is 4.31. The molecule has 0 saturated heterocycles. The van der Waals surface area contributed by atoms with E-state index in [1.54, 1.807) is 35.9 Å². The first-order valence-electron chi connectivity index (χ1n) is 6.72. The van der Waals surface area contributed by atoms with Gasteiger partial charge in [0.15, 0.2) is 11.8 Å². The Morgan fingerprint density at radius 1 is 1.38 bits per heavy atom. The van der Waals surface area contributed by atoms with Gasteiger partial charge in [-0.05, 0) is 30.0 Å². The summed E-state index contributed by atoms with van der Waals surface area (Å²) in [6, 6.07) is 5.87. The number of aliphatic imine (C=N–C) groups is 1. The number of hydrogen-bond donors (Lipinski definition) is 2. The molecule has 0 aliphatic rings. The number of nitrogens with one attached hydrogen (secondary N) is 2. The van der Waals surface area contributed by atoms with Crippen molar-refractivity contribution in [2.45, 2.75) is 6.54 Å². The lowest BCUT2D eigenvalue weighted by atomic mass is 10.2. The molecule has 2 aromatic rings. The van der Waals surface area contributed by atoms with Crippen LogP contribution in [0.25, 0.3) is 5.82 Å². The van der Waals surface area contributed by atoms with Crippen molar-refractivity contribution in [2.75, 3.05) is 25.6 Å². The molecular formula is C14H20N6S. The monoisotopic (exact) mass is 304 g/mol. The molecular weight excluding hydrogens is 284 g/mol. The van der Waals surface area contributed by atoms with E-state index >= 15 is 0 Å². The molecule has 7 heteroatoms. The maximum absolute atomic E-state index is 4.31. The van der Waals surface area contributed by atoms with Gasteiger partial charge in [0.05, 0.1) is 0 Å². The van der Waals surface area contributed by atoms with Crippen molar-refractivity contribution in [3.63, 3.8) is 0 Å². The van der Waals surface area contributed by atoms with Gasteiger partial charge < -0.3 is 10.6 Å². The van der Waals surface area contributed by atoms with Crippen LogP contribution >= 0.6 is 11.8 Å². The number of guanidine groups is 1. The number of aromatic nitrogens is 3. The summed E-state index contributed by atoms with van der Waals surface area (Å²) in [5, 5.41) is 10.7. The Hall–Kier alpha value is -2.02. The van der Waals surface area contributed by atoms with Crippen LogP contribution in [0.2, 0.25) is 0 Å². The summed E-state index contributed by atoms with van der Waals surface area (Å²) in [4.78, 5) is 8.51. The van der Waals surface area contributed by atoms with Gasteiger partial charge in [0.2, 0.25) is 0 Å². The minimum atomic E-state index is 0.690. The van der Waals surface area contributed by atoms with E-state index in [0.29, 0.717) is 6.54 Å². The fourth-order valence-electron chi connectivity index (χ4n) is 1.78. The third kappa shape index (κ3) is 4.78. The molecule has 0 aliphatic heterocycles. The van der Waals surface area contributed by atoms with Crippen LogP contribution in [-0.4, -0.2) is 46.3 Å². The van der Waals surface area contributed by atoms with Gasteiger partial charge in [0, 0.05) is 44.5 Å². The number of hydrogen-bond acceptors (Lipinski definition) is 4. The van der Waals surface area contributed by atoms with Gasteiger partial charge in [-0.2, -0.15) is 16.9 Å². The molecule has 0 bridgehead atoms. The third-order valence-electron chi connectivity index (χ3n) is 2.83. The molecule has 2 N–H and O–H groups in total. The van der Waals surface area contributed by atoms with Crippen LogP contribution in [0, 0.1) is 0 Å². The standard InChI is InChI=1S/C14H20N6S/c1-15-14(17-7-9-21-2)18-11-12-4-6-16-13(10-12)20-8-3-5-19-20/h3-6,8,10H,7,9,11H2,1-2H3,(H2,15,17,18). The van der Waals surface area contributed by atoms with E-state index in [9.17, 15) is 0 Å². The summed E-state index contributed by atoms with van der Waals surface area (Å²) < 4.78 is 1.75. The van der Waals surface area contributed by atoms with Crippen LogP contribution in [0.1, 0.15) is 5.56 Å². The lowest BCUT2D eigenvalue weighted by molar-refractivity contribution is 0.815. The van der Waals surface area contributed by atoms with Gasteiger partial charge in [-0.25, -0.2) is 9.67 Å². The zero-order chi connectivity index (χ0) is 14.9. The predicted octanol–water partition coefficient (Wildman–Crippen LogP) is 1.30. The number of pyridine rings is 1. The molecule has 0 atom stereocenters. The molecule has 0 spiro atoms. The molecule has 6 nitrogen and oxygen atoms in total. The van der Waals surface area contributed by atoms with Gasteiger partial charge in [-0.1, -0.05) is 0 Å². The summed E-state index contributed by atoms with van der Waals surface area (Å²) >= 11 is 1.81. The molecule has 2 rings (SSSR count). The largest absolute Gasteiger partial charge is 0.356 e. The first kappa shape index (κ1) is 15.4. The molecule has 0 fully saturated rings. The molecule has 0 aliphatic carbocycles. The van der Waals surface area contributed by atoms with Gasteiger partial charge in [-0.3, -0.25) is 4.99 Å². The van der Waals surface area contributed by atoms with Crippen LogP contribution < -0.4 is 10.6 Å². The molecule has 0 aromatic carbocycles. The zero-order valence-corrected chi connectivity index (χ0v) is 13.1. The number of rotatable bonds is 6. The van der Waals surface area contributed by atoms with Crippen molar-refractivity contribution >= 4 is 17.7 Å². The highest BCUT2D eigenvalue weighted by Crippen LogP contribution is 2.05. The lowest BCUT2D eigenvalue weighted by Gasteiger charge is -2.11. The van der Waals surface area contributed by atoms with Gasteiger partial charge >= 0.3 is 0 Å². The van der Waals surface area contributed by atoms with Gasteiger partial charge in [0.25, 0.3) is 0 Å². The second-order valence-corrected chi connectivity index (χ2v) is 5.30. The Morgan fingerprint density at radius 3 is 3.00 bits per heavy atom. The zero-order valence-electron chi connectivity index (χ0n) is 12.3. The highest BCUT2D eigenvalue weighted by atomic mass is 32.2. The van der Waals surface area contributed by atoms with E-state index in [2.05, 4.69) is 32.0 Å². The average Bonchev–Trinajstić information content (AvgIpc) is 3.05. The van der Waals surface area contributed by atoms with E-state index in [1.165, 1.54) is 0 Å². The number of nitrogens with zero attached hydrogens (tertiary/aromatic N) is 4. The highest BCUT2D eigenvalue weighted by Gasteiger charge is 2.01. The lowest BCUT2D eigenvalue weighted by Crippen LogP contribution is -2.37. The fourth-order valence-corrected chi connectivity index (χ4v) is 2.08. The first-order chi connectivity index (χ1) is 10.3. The summed E-state index contributed by atoms with van der Waals surface area (Å²) in [5.74, 6) is 2.67. The molecule has 2 heterocycles. The van der Waals surface area contributed by atoms with Crippen LogP contribution in [0.15, 0.2) is 41.8 Å². The Labute approximate surface area is 129 Å². The Bertz CT molecular complexity index is 567. The van der Waals surface area contributed by atoms with Crippen LogP contribution in [-0.2, 0) is 6.54 Å². The van der Waals surface area contributed by atoms with Crippen molar-refractivity contribution in [1.29, 1.82) is 0 Å². The minimum Gasteiger partial charge on any atom is -0.356 e. The van der Waals surface area contributed by atoms with Crippen LogP contribution in [0.5, 0.6) is 0 Å². The summed E-state index contributed by atoms with van der Waals surface area (Å²) in [7, 11) is 1.77. The van der Waals surface area contributed by atoms with Crippen molar-refractivity contribution in [3.05, 3.63) is 42.4 Å². The predicted molar refractivity (Wildman–Crippen MR) is 87.9 cm³/mol. The second-order valence-electron chi connectivity index (χ2n) is 4.32.